The van der Waals surface area contributed by atoms with E-state index in [0.717, 1.165) is 6.26 Å². The van der Waals surface area contributed by atoms with Crippen LogP contribution in [0.15, 0.2) is 0 Å². The summed E-state index contributed by atoms with van der Waals surface area (Å²) >= 11 is 0. The van der Waals surface area contributed by atoms with Crippen LogP contribution in [0.2, 0.25) is 0 Å². The highest BCUT2D eigenvalue weighted by Crippen LogP contribution is 2.33. The van der Waals surface area contributed by atoms with E-state index >= 15 is 0 Å². The average molecular weight is 307 g/mol. The number of hydrogen-bond acceptors (Lipinski definition) is 6. The lowest BCUT2D eigenvalue weighted by Gasteiger charge is -2.39. The van der Waals surface area contributed by atoms with E-state index in [1.165, 1.54) is 18.2 Å². The van der Waals surface area contributed by atoms with E-state index < -0.39 is 27.4 Å². The molecule has 1 rings (SSSR count). The molecule has 1 saturated heterocycles. The maximum absolute atomic E-state index is 11.5. The molecule has 1 heterocycles. The molecule has 7 nitrogen and oxygen atoms in total. The molecule has 1 aliphatic heterocycles. The second-order valence-electron chi connectivity index (χ2n) is 5.22. The van der Waals surface area contributed by atoms with Gasteiger partial charge in [0.25, 0.3) is 0 Å². The monoisotopic (exact) mass is 307 g/mol. The van der Waals surface area contributed by atoms with E-state index in [9.17, 15) is 18.0 Å². The third-order valence-corrected chi connectivity index (χ3v) is 4.72. The predicted octanol–water partition coefficient (Wildman–Crippen LogP) is 0.154. The minimum absolute atomic E-state index is 0.132. The fourth-order valence-electron chi connectivity index (χ4n) is 2.13. The number of nitrogens with zero attached hydrogens (tertiary/aromatic N) is 1. The summed E-state index contributed by atoms with van der Waals surface area (Å²) in [6.45, 7) is 3.56. The van der Waals surface area contributed by atoms with Gasteiger partial charge in [0.2, 0.25) is 10.0 Å². The Morgan fingerprint density at radius 1 is 1.05 bits per heavy atom. The van der Waals surface area contributed by atoms with Crippen LogP contribution in [0.4, 0.5) is 0 Å². The molecule has 0 saturated carbocycles. The lowest BCUT2D eigenvalue weighted by molar-refractivity contribution is -0.153. The van der Waals surface area contributed by atoms with Crippen LogP contribution in [0, 0.1) is 5.41 Å². The van der Waals surface area contributed by atoms with Gasteiger partial charge >= 0.3 is 11.9 Å². The molecule has 0 aromatic carbocycles. The normalized spacial score (nSPS) is 19.4. The first-order chi connectivity index (χ1) is 9.15. The standard InChI is InChI=1S/C12H21NO6S/c1-10(14)18-8-12(9-19-11(2)15)4-6-13(7-5-12)20(3,16)17/h4-9H2,1-3H3. The third-order valence-electron chi connectivity index (χ3n) is 3.42. The summed E-state index contributed by atoms with van der Waals surface area (Å²) in [6.07, 6.45) is 2.14. The van der Waals surface area contributed by atoms with Crippen molar-refractivity contribution in [1.82, 2.24) is 4.31 Å². The topological polar surface area (TPSA) is 90.0 Å². The van der Waals surface area contributed by atoms with E-state index in [4.69, 9.17) is 9.47 Å². The first-order valence-electron chi connectivity index (χ1n) is 6.36. The van der Waals surface area contributed by atoms with Crippen molar-refractivity contribution in [2.24, 2.45) is 5.41 Å². The van der Waals surface area contributed by atoms with Gasteiger partial charge in [-0.25, -0.2) is 12.7 Å². The first-order valence-corrected chi connectivity index (χ1v) is 8.21. The fraction of sp³-hybridized carbons (Fsp3) is 0.833. The van der Waals surface area contributed by atoms with Crippen molar-refractivity contribution < 1.29 is 27.5 Å². The van der Waals surface area contributed by atoms with Crippen molar-refractivity contribution in [2.75, 3.05) is 32.6 Å². The van der Waals surface area contributed by atoms with Crippen LogP contribution in [-0.2, 0) is 29.1 Å². The van der Waals surface area contributed by atoms with Gasteiger partial charge in [-0.3, -0.25) is 9.59 Å². The molecule has 8 heteroatoms. The number of esters is 2. The lowest BCUT2D eigenvalue weighted by Crippen LogP contribution is -2.47. The molecule has 0 N–H and O–H groups in total. The number of rotatable bonds is 5. The summed E-state index contributed by atoms with van der Waals surface area (Å²) in [6, 6.07) is 0. The van der Waals surface area contributed by atoms with Crippen LogP contribution in [0.1, 0.15) is 26.7 Å². The third kappa shape index (κ3) is 5.09. The van der Waals surface area contributed by atoms with E-state index in [1.54, 1.807) is 0 Å². The van der Waals surface area contributed by atoms with Gasteiger partial charge in [0.05, 0.1) is 6.26 Å². The zero-order valence-corrected chi connectivity index (χ0v) is 12.9. The van der Waals surface area contributed by atoms with Crippen LogP contribution in [0.25, 0.3) is 0 Å². The van der Waals surface area contributed by atoms with Gasteiger partial charge in [-0.15, -0.1) is 0 Å². The van der Waals surface area contributed by atoms with Crippen LogP contribution < -0.4 is 0 Å². The van der Waals surface area contributed by atoms with Gasteiger partial charge in [0, 0.05) is 32.4 Å². The summed E-state index contributed by atoms with van der Waals surface area (Å²) in [5, 5.41) is 0. The molecule has 1 fully saturated rings. The summed E-state index contributed by atoms with van der Waals surface area (Å²) < 4.78 is 34.4. The van der Waals surface area contributed by atoms with E-state index in [1.807, 2.05) is 0 Å². The van der Waals surface area contributed by atoms with E-state index in [-0.39, 0.29) is 13.2 Å². The number of carbonyl (C=O) groups is 2. The summed E-state index contributed by atoms with van der Waals surface area (Å²) in [5.41, 5.74) is -0.501. The number of hydrogen-bond donors (Lipinski definition) is 0. The molecule has 0 radical (unpaired) electrons. The smallest absolute Gasteiger partial charge is 0.302 e. The zero-order valence-electron chi connectivity index (χ0n) is 12.0. The van der Waals surface area contributed by atoms with Crippen LogP contribution >= 0.6 is 0 Å². The van der Waals surface area contributed by atoms with Crippen molar-refractivity contribution in [1.29, 1.82) is 0 Å². The zero-order chi connectivity index (χ0) is 15.4. The van der Waals surface area contributed by atoms with Gasteiger partial charge in [-0.05, 0) is 12.8 Å². The van der Waals surface area contributed by atoms with E-state index in [2.05, 4.69) is 0 Å². The molecular formula is C12H21NO6S. The molecule has 20 heavy (non-hydrogen) atoms. The Balaban J connectivity index is 2.71. The molecular weight excluding hydrogens is 286 g/mol. The number of piperidine rings is 1. The SMILES string of the molecule is CC(=O)OCC1(COC(C)=O)CCN(S(C)(=O)=O)CC1. The Labute approximate surface area is 119 Å². The Kier molecular flexibility index (Phi) is 5.52. The largest absolute Gasteiger partial charge is 0.465 e. The molecule has 0 atom stereocenters. The Morgan fingerprint density at radius 3 is 1.75 bits per heavy atom. The number of ether oxygens (including phenoxy) is 2. The summed E-state index contributed by atoms with van der Waals surface area (Å²) in [7, 11) is -3.22. The Morgan fingerprint density at radius 2 is 1.45 bits per heavy atom. The highest BCUT2D eigenvalue weighted by atomic mass is 32.2. The van der Waals surface area contributed by atoms with Crippen molar-refractivity contribution in [2.45, 2.75) is 26.7 Å². The van der Waals surface area contributed by atoms with Gasteiger partial charge < -0.3 is 9.47 Å². The average Bonchev–Trinajstić information content (AvgIpc) is 2.34. The molecule has 0 aromatic heterocycles. The minimum Gasteiger partial charge on any atom is -0.465 e. The number of carbonyl (C=O) groups excluding carboxylic acids is 2. The molecule has 1 aliphatic rings. The molecule has 0 unspecified atom stereocenters. The summed E-state index contributed by atoms with van der Waals surface area (Å²) in [5.74, 6) is -0.810. The van der Waals surface area contributed by atoms with Crippen molar-refractivity contribution in [3.63, 3.8) is 0 Å². The number of sulfonamides is 1. The highest BCUT2D eigenvalue weighted by molar-refractivity contribution is 7.88. The molecule has 0 spiro atoms. The Bertz CT molecular complexity index is 444. The molecule has 116 valence electrons. The van der Waals surface area contributed by atoms with Crippen LogP contribution in [-0.4, -0.2) is 57.2 Å². The fourth-order valence-corrected chi connectivity index (χ4v) is 2.98. The minimum atomic E-state index is -3.22. The highest BCUT2D eigenvalue weighted by Gasteiger charge is 2.39. The first kappa shape index (κ1) is 16.9. The molecule has 0 aromatic rings. The van der Waals surface area contributed by atoms with Crippen molar-refractivity contribution in [3.05, 3.63) is 0 Å². The molecule has 0 aliphatic carbocycles. The second-order valence-corrected chi connectivity index (χ2v) is 7.20. The molecule has 0 amide bonds. The second kappa shape index (κ2) is 6.53. The predicted molar refractivity (Wildman–Crippen MR) is 71.3 cm³/mol. The van der Waals surface area contributed by atoms with Gasteiger partial charge in [-0.2, -0.15) is 0 Å². The lowest BCUT2D eigenvalue weighted by atomic mass is 9.80. The van der Waals surface area contributed by atoms with Crippen LogP contribution in [0.3, 0.4) is 0 Å². The van der Waals surface area contributed by atoms with Crippen molar-refractivity contribution >= 4 is 22.0 Å². The van der Waals surface area contributed by atoms with Crippen LogP contribution in [0.5, 0.6) is 0 Å². The van der Waals surface area contributed by atoms with Gasteiger partial charge in [0.1, 0.15) is 13.2 Å². The summed E-state index contributed by atoms with van der Waals surface area (Å²) in [4.78, 5) is 21.9. The quantitative estimate of drug-likeness (QED) is 0.672. The van der Waals surface area contributed by atoms with Gasteiger partial charge in [0.15, 0.2) is 0 Å². The van der Waals surface area contributed by atoms with Gasteiger partial charge in [-0.1, -0.05) is 0 Å². The maximum Gasteiger partial charge on any atom is 0.302 e. The van der Waals surface area contributed by atoms with E-state index in [0.29, 0.717) is 25.9 Å². The van der Waals surface area contributed by atoms with Crippen molar-refractivity contribution in [3.8, 4) is 0 Å². The maximum atomic E-state index is 11.5. The Hall–Kier alpha value is -1.15. The molecule has 0 bridgehead atoms.